The summed E-state index contributed by atoms with van der Waals surface area (Å²) >= 11 is 0. The van der Waals surface area contributed by atoms with E-state index in [0.29, 0.717) is 6.04 Å². The predicted octanol–water partition coefficient (Wildman–Crippen LogP) is 8.91. The number of fused-ring (bicyclic) bond motifs is 2. The highest BCUT2D eigenvalue weighted by Crippen LogP contribution is 2.48. The van der Waals surface area contributed by atoms with Crippen LogP contribution in [0.2, 0.25) is 0 Å². The molecular formula is C36H43NO3. The zero-order valence-electron chi connectivity index (χ0n) is 25.2. The maximum atomic E-state index is 6.46. The fourth-order valence-electron chi connectivity index (χ4n) is 6.38. The van der Waals surface area contributed by atoms with E-state index in [1.54, 1.807) is 7.11 Å². The first kappa shape index (κ1) is 28.0. The van der Waals surface area contributed by atoms with Gasteiger partial charge in [-0.1, -0.05) is 48.5 Å². The topological polar surface area (TPSA) is 30.9 Å². The Bertz CT molecular complexity index is 1490. The van der Waals surface area contributed by atoms with Gasteiger partial charge in [-0.15, -0.1) is 0 Å². The molecule has 0 spiro atoms. The molecule has 4 aromatic carbocycles. The molecule has 0 fully saturated rings. The van der Waals surface area contributed by atoms with Gasteiger partial charge in [-0.05, 0) is 106 Å². The molecule has 40 heavy (non-hydrogen) atoms. The molecule has 0 amide bonds. The number of hydrogen-bond donors (Lipinski definition) is 0. The standard InChI is InChI=1S/C36H43NO3/c1-22(2)39-31-16-12-15-29-34(24(5)19-33(38-8)36(29)31)28-17-18-32(40-23(3)4)35-26(7)37(25(6)20-30(28)35)21-27-13-10-9-11-14-27/h9-19,22-23,25-26H,20-21H2,1-8H3/t25-,26-/m1/s1. The van der Waals surface area contributed by atoms with Crippen molar-refractivity contribution in [2.75, 3.05) is 7.11 Å². The third-order valence-corrected chi connectivity index (χ3v) is 8.00. The summed E-state index contributed by atoms with van der Waals surface area (Å²) in [5.74, 6) is 2.69. The second kappa shape index (κ2) is 11.5. The van der Waals surface area contributed by atoms with Crippen molar-refractivity contribution in [3.05, 3.63) is 89.0 Å². The molecule has 5 rings (SSSR count). The first-order valence-electron chi connectivity index (χ1n) is 14.6. The Labute approximate surface area is 239 Å². The molecule has 4 nitrogen and oxygen atoms in total. The Morgan fingerprint density at radius 1 is 0.825 bits per heavy atom. The van der Waals surface area contributed by atoms with Gasteiger partial charge in [-0.3, -0.25) is 4.90 Å². The van der Waals surface area contributed by atoms with Crippen molar-refractivity contribution in [3.8, 4) is 28.4 Å². The van der Waals surface area contributed by atoms with Gasteiger partial charge in [0.2, 0.25) is 0 Å². The lowest BCUT2D eigenvalue weighted by Gasteiger charge is -2.42. The largest absolute Gasteiger partial charge is 0.496 e. The van der Waals surface area contributed by atoms with Crippen LogP contribution in [0.4, 0.5) is 0 Å². The number of ether oxygens (including phenoxy) is 3. The Hall–Kier alpha value is -3.50. The van der Waals surface area contributed by atoms with Crippen molar-refractivity contribution in [2.45, 2.75) is 85.7 Å². The van der Waals surface area contributed by atoms with E-state index in [-0.39, 0.29) is 18.2 Å². The number of rotatable bonds is 8. The van der Waals surface area contributed by atoms with Crippen LogP contribution in [0.25, 0.3) is 21.9 Å². The Balaban J connectivity index is 1.73. The summed E-state index contributed by atoms with van der Waals surface area (Å²) in [4.78, 5) is 2.61. The molecule has 4 heteroatoms. The number of nitrogens with zero attached hydrogens (tertiary/aromatic N) is 1. The van der Waals surface area contributed by atoms with Gasteiger partial charge >= 0.3 is 0 Å². The maximum Gasteiger partial charge on any atom is 0.131 e. The van der Waals surface area contributed by atoms with Gasteiger partial charge in [0.05, 0.1) is 24.7 Å². The Kier molecular flexibility index (Phi) is 8.09. The average Bonchev–Trinajstić information content (AvgIpc) is 2.91. The van der Waals surface area contributed by atoms with Crippen LogP contribution in [0.5, 0.6) is 17.2 Å². The van der Waals surface area contributed by atoms with E-state index < -0.39 is 0 Å². The van der Waals surface area contributed by atoms with E-state index in [9.17, 15) is 0 Å². The van der Waals surface area contributed by atoms with Crippen molar-refractivity contribution in [3.63, 3.8) is 0 Å². The Morgan fingerprint density at radius 3 is 2.20 bits per heavy atom. The molecule has 0 aliphatic carbocycles. The molecule has 4 aromatic rings. The highest BCUT2D eigenvalue weighted by molar-refractivity contribution is 6.05. The molecule has 1 heterocycles. The van der Waals surface area contributed by atoms with Crippen LogP contribution in [0.3, 0.4) is 0 Å². The average molecular weight is 538 g/mol. The second-order valence-electron chi connectivity index (χ2n) is 11.7. The highest BCUT2D eigenvalue weighted by Gasteiger charge is 2.34. The molecule has 0 saturated heterocycles. The lowest BCUT2D eigenvalue weighted by Crippen LogP contribution is -2.41. The van der Waals surface area contributed by atoms with Crippen molar-refractivity contribution >= 4 is 10.8 Å². The minimum absolute atomic E-state index is 0.0672. The van der Waals surface area contributed by atoms with Crippen molar-refractivity contribution in [2.24, 2.45) is 0 Å². The molecule has 2 atom stereocenters. The SMILES string of the molecule is COc1cc(C)c(-c2ccc(OC(C)C)c3c2C[C@@H](C)N(Cc2ccccc2)[C@@H]3C)c2cccc(OC(C)C)c12. The highest BCUT2D eigenvalue weighted by atomic mass is 16.5. The third kappa shape index (κ3) is 5.30. The fourth-order valence-corrected chi connectivity index (χ4v) is 6.38. The molecule has 0 radical (unpaired) electrons. The van der Waals surface area contributed by atoms with Crippen LogP contribution in [0.1, 0.15) is 69.8 Å². The number of aryl methyl sites for hydroxylation is 1. The van der Waals surface area contributed by atoms with Gasteiger partial charge in [0.25, 0.3) is 0 Å². The number of benzene rings is 4. The first-order chi connectivity index (χ1) is 19.2. The molecule has 0 aromatic heterocycles. The van der Waals surface area contributed by atoms with E-state index >= 15 is 0 Å². The summed E-state index contributed by atoms with van der Waals surface area (Å²) in [6, 6.07) is 24.3. The minimum atomic E-state index is 0.0672. The van der Waals surface area contributed by atoms with Crippen LogP contribution in [-0.2, 0) is 13.0 Å². The summed E-state index contributed by atoms with van der Waals surface area (Å²) in [6.45, 7) is 16.1. The van der Waals surface area contributed by atoms with Crippen LogP contribution in [0, 0.1) is 6.92 Å². The van der Waals surface area contributed by atoms with Gasteiger partial charge in [0, 0.05) is 24.2 Å². The molecule has 0 N–H and O–H groups in total. The zero-order chi connectivity index (χ0) is 28.6. The molecule has 0 saturated carbocycles. The normalized spacial score (nSPS) is 17.4. The molecule has 0 unspecified atom stereocenters. The van der Waals surface area contributed by atoms with Gasteiger partial charge < -0.3 is 14.2 Å². The zero-order valence-corrected chi connectivity index (χ0v) is 25.2. The molecule has 1 aliphatic heterocycles. The lowest BCUT2D eigenvalue weighted by atomic mass is 9.81. The second-order valence-corrected chi connectivity index (χ2v) is 11.7. The monoisotopic (exact) mass is 537 g/mol. The van der Waals surface area contributed by atoms with E-state index in [1.807, 2.05) is 6.07 Å². The quantitative estimate of drug-likeness (QED) is 0.225. The van der Waals surface area contributed by atoms with E-state index in [2.05, 4.69) is 114 Å². The first-order valence-corrected chi connectivity index (χ1v) is 14.6. The minimum Gasteiger partial charge on any atom is -0.496 e. The smallest absolute Gasteiger partial charge is 0.131 e. The summed E-state index contributed by atoms with van der Waals surface area (Å²) < 4.78 is 18.6. The van der Waals surface area contributed by atoms with Crippen molar-refractivity contribution in [1.29, 1.82) is 0 Å². The lowest BCUT2D eigenvalue weighted by molar-refractivity contribution is 0.123. The molecule has 0 bridgehead atoms. The predicted molar refractivity (Wildman–Crippen MR) is 166 cm³/mol. The van der Waals surface area contributed by atoms with Gasteiger partial charge in [-0.2, -0.15) is 0 Å². The van der Waals surface area contributed by atoms with E-state index in [4.69, 9.17) is 14.2 Å². The molecule has 210 valence electrons. The number of methoxy groups -OCH3 is 1. The van der Waals surface area contributed by atoms with Crippen molar-refractivity contribution in [1.82, 2.24) is 4.90 Å². The van der Waals surface area contributed by atoms with Gasteiger partial charge in [0.15, 0.2) is 0 Å². The number of hydrogen-bond acceptors (Lipinski definition) is 4. The van der Waals surface area contributed by atoms with E-state index in [1.165, 1.54) is 33.4 Å². The van der Waals surface area contributed by atoms with E-state index in [0.717, 1.165) is 41.0 Å². The summed E-state index contributed by atoms with van der Waals surface area (Å²) in [5.41, 5.74) is 7.73. The molecular weight excluding hydrogens is 494 g/mol. The maximum absolute atomic E-state index is 6.46. The summed E-state index contributed by atoms with van der Waals surface area (Å²) in [7, 11) is 1.74. The fraction of sp³-hybridized carbons (Fsp3) is 0.389. The van der Waals surface area contributed by atoms with Crippen LogP contribution < -0.4 is 14.2 Å². The summed E-state index contributed by atoms with van der Waals surface area (Å²) in [6.07, 6.45) is 1.12. The van der Waals surface area contributed by atoms with Gasteiger partial charge in [-0.25, -0.2) is 0 Å². The van der Waals surface area contributed by atoms with Gasteiger partial charge in [0.1, 0.15) is 17.2 Å². The van der Waals surface area contributed by atoms with Crippen LogP contribution in [0.15, 0.2) is 66.7 Å². The summed E-state index contributed by atoms with van der Waals surface area (Å²) in [5, 5.41) is 2.18. The van der Waals surface area contributed by atoms with Crippen molar-refractivity contribution < 1.29 is 14.2 Å². The Morgan fingerprint density at radius 2 is 1.52 bits per heavy atom. The van der Waals surface area contributed by atoms with Crippen LogP contribution >= 0.6 is 0 Å². The molecule has 1 aliphatic rings. The van der Waals surface area contributed by atoms with Crippen LogP contribution in [-0.4, -0.2) is 30.3 Å². The third-order valence-electron chi connectivity index (χ3n) is 8.00.